The van der Waals surface area contributed by atoms with E-state index >= 15 is 0 Å². The van der Waals surface area contributed by atoms with Crippen LogP contribution in [0.2, 0.25) is 0 Å². The summed E-state index contributed by atoms with van der Waals surface area (Å²) in [5, 5.41) is 3.42. The van der Waals surface area contributed by atoms with E-state index in [1.807, 2.05) is 0 Å². The third-order valence-corrected chi connectivity index (χ3v) is 5.70. The van der Waals surface area contributed by atoms with Gasteiger partial charge in [-0.25, -0.2) is 0 Å². The maximum atomic E-state index is 12.5. The molecule has 0 fully saturated rings. The van der Waals surface area contributed by atoms with Gasteiger partial charge < -0.3 is 20.7 Å². The highest BCUT2D eigenvalue weighted by Crippen LogP contribution is 2.34. The monoisotopic (exact) mass is 360 g/mol. The molecule has 7 heteroatoms. The molecule has 2 aromatic rings. The first-order valence-corrected chi connectivity index (χ1v) is 9.08. The van der Waals surface area contributed by atoms with Crippen molar-refractivity contribution in [2.24, 2.45) is 5.73 Å². The molecule has 6 nitrogen and oxygen atoms in total. The smallest absolute Gasteiger partial charge is 0.256 e. The quantitative estimate of drug-likeness (QED) is 0.745. The second-order valence-corrected chi connectivity index (χ2v) is 7.14. The van der Waals surface area contributed by atoms with Gasteiger partial charge in [-0.1, -0.05) is 0 Å². The van der Waals surface area contributed by atoms with Crippen molar-refractivity contribution in [3.8, 4) is 5.75 Å². The Morgan fingerprint density at radius 2 is 2.04 bits per heavy atom. The number of fused-ring (bicyclic) bond motifs is 1. The number of benzene rings is 1. The fourth-order valence-corrected chi connectivity index (χ4v) is 4.42. The lowest BCUT2D eigenvalue weighted by Crippen LogP contribution is -3.11. The van der Waals surface area contributed by atoms with E-state index in [2.05, 4.69) is 12.2 Å². The second kappa shape index (κ2) is 7.25. The summed E-state index contributed by atoms with van der Waals surface area (Å²) in [5.74, 6) is -0.0606. The molecule has 1 unspecified atom stereocenters. The Bertz CT molecular complexity index is 799. The minimum atomic E-state index is -0.484. The van der Waals surface area contributed by atoms with Crippen LogP contribution in [0.15, 0.2) is 24.3 Å². The number of ether oxygens (including phenoxy) is 1. The number of methoxy groups -OCH3 is 1. The van der Waals surface area contributed by atoms with Gasteiger partial charge in [-0.05, 0) is 36.8 Å². The van der Waals surface area contributed by atoms with E-state index in [1.54, 1.807) is 31.4 Å². The molecular formula is C18H22N3O3S+. The van der Waals surface area contributed by atoms with E-state index in [0.717, 1.165) is 36.5 Å². The highest BCUT2D eigenvalue weighted by atomic mass is 32.1. The standard InChI is InChI=1S/C18H21N3O3S/c1-3-21-9-8-13-14(10-21)25-18(15(13)16(19)22)20-17(23)11-4-6-12(24-2)7-5-11/h4-7H,3,8-10H2,1-2H3,(H2,19,22)(H,20,23)/p+1. The number of nitrogens with two attached hydrogens (primary N) is 1. The molecule has 0 saturated heterocycles. The molecule has 0 spiro atoms. The predicted molar refractivity (Wildman–Crippen MR) is 97.6 cm³/mol. The number of thiophene rings is 1. The van der Waals surface area contributed by atoms with Gasteiger partial charge in [-0.3, -0.25) is 9.59 Å². The molecule has 0 bridgehead atoms. The van der Waals surface area contributed by atoms with E-state index in [0.29, 0.717) is 21.9 Å². The molecule has 1 aliphatic heterocycles. The second-order valence-electron chi connectivity index (χ2n) is 6.04. The zero-order valence-electron chi connectivity index (χ0n) is 14.3. The highest BCUT2D eigenvalue weighted by Gasteiger charge is 2.29. The molecule has 2 heterocycles. The van der Waals surface area contributed by atoms with Crippen molar-refractivity contribution in [3.05, 3.63) is 45.8 Å². The lowest BCUT2D eigenvalue weighted by molar-refractivity contribution is -0.913. The molecule has 3 rings (SSSR count). The molecule has 132 valence electrons. The molecule has 1 atom stereocenters. The summed E-state index contributed by atoms with van der Waals surface area (Å²) in [5.41, 5.74) is 7.57. The summed E-state index contributed by atoms with van der Waals surface area (Å²) < 4.78 is 5.10. The number of amides is 2. The van der Waals surface area contributed by atoms with Crippen LogP contribution in [-0.4, -0.2) is 32.0 Å². The summed E-state index contributed by atoms with van der Waals surface area (Å²) >= 11 is 1.46. The molecule has 1 aromatic heterocycles. The molecule has 1 aliphatic rings. The van der Waals surface area contributed by atoms with Crippen LogP contribution in [0.3, 0.4) is 0 Å². The summed E-state index contributed by atoms with van der Waals surface area (Å²) in [6, 6.07) is 6.83. The van der Waals surface area contributed by atoms with Gasteiger partial charge in [-0.2, -0.15) is 0 Å². The van der Waals surface area contributed by atoms with Crippen molar-refractivity contribution in [3.63, 3.8) is 0 Å². The molecule has 0 radical (unpaired) electrons. The van der Waals surface area contributed by atoms with Crippen LogP contribution in [0.1, 0.15) is 38.1 Å². The topological polar surface area (TPSA) is 85.9 Å². The first-order valence-electron chi connectivity index (χ1n) is 8.26. The summed E-state index contributed by atoms with van der Waals surface area (Å²) in [4.78, 5) is 27.1. The number of nitrogens with one attached hydrogen (secondary N) is 2. The third-order valence-electron chi connectivity index (χ3n) is 4.56. The molecule has 0 aliphatic carbocycles. The van der Waals surface area contributed by atoms with Gasteiger partial charge in [0.1, 0.15) is 17.3 Å². The average Bonchev–Trinajstić information content (AvgIpc) is 2.98. The van der Waals surface area contributed by atoms with Gasteiger partial charge in [0.25, 0.3) is 11.8 Å². The number of hydrogen-bond donors (Lipinski definition) is 3. The third kappa shape index (κ3) is 3.52. The molecular weight excluding hydrogens is 338 g/mol. The SMILES string of the molecule is CC[NH+]1CCc2c(sc(NC(=O)c3ccc(OC)cc3)c2C(N)=O)C1. The first kappa shape index (κ1) is 17.4. The Morgan fingerprint density at radius 3 is 2.64 bits per heavy atom. The highest BCUT2D eigenvalue weighted by molar-refractivity contribution is 7.17. The van der Waals surface area contributed by atoms with E-state index < -0.39 is 5.91 Å². The van der Waals surface area contributed by atoms with Gasteiger partial charge in [0.2, 0.25) is 0 Å². The van der Waals surface area contributed by atoms with Gasteiger partial charge in [0.15, 0.2) is 0 Å². The zero-order valence-corrected chi connectivity index (χ0v) is 15.2. The van der Waals surface area contributed by atoms with Crippen LogP contribution in [0.4, 0.5) is 5.00 Å². The Labute approximate surface area is 150 Å². The van der Waals surface area contributed by atoms with Gasteiger partial charge in [0, 0.05) is 12.0 Å². The number of carbonyl (C=O) groups is 2. The number of quaternary nitrogens is 1. The minimum absolute atomic E-state index is 0.261. The summed E-state index contributed by atoms with van der Waals surface area (Å²) in [6.07, 6.45) is 0.811. The van der Waals surface area contributed by atoms with Crippen LogP contribution in [0.25, 0.3) is 0 Å². The Morgan fingerprint density at radius 1 is 1.32 bits per heavy atom. The van der Waals surface area contributed by atoms with Crippen molar-refractivity contribution in [1.29, 1.82) is 0 Å². The number of hydrogen-bond acceptors (Lipinski definition) is 4. The maximum Gasteiger partial charge on any atom is 0.256 e. The molecule has 4 N–H and O–H groups in total. The Kier molecular flexibility index (Phi) is 5.06. The van der Waals surface area contributed by atoms with Crippen LogP contribution >= 0.6 is 11.3 Å². The number of likely N-dealkylation sites (N-methyl/N-ethyl adjacent to an activating group) is 1. The van der Waals surface area contributed by atoms with E-state index in [9.17, 15) is 9.59 Å². The average molecular weight is 360 g/mol. The fraction of sp³-hybridized carbons (Fsp3) is 0.333. The number of anilines is 1. The largest absolute Gasteiger partial charge is 0.497 e. The van der Waals surface area contributed by atoms with E-state index in [-0.39, 0.29) is 5.91 Å². The van der Waals surface area contributed by atoms with Crippen LogP contribution in [-0.2, 0) is 13.0 Å². The Balaban J connectivity index is 1.87. The van der Waals surface area contributed by atoms with Crippen molar-refractivity contribution >= 4 is 28.2 Å². The number of rotatable bonds is 5. The molecule has 0 saturated carbocycles. The predicted octanol–water partition coefficient (Wildman–Crippen LogP) is 1.07. The lowest BCUT2D eigenvalue weighted by Gasteiger charge is -2.22. The van der Waals surface area contributed by atoms with E-state index in [4.69, 9.17) is 10.5 Å². The van der Waals surface area contributed by atoms with Gasteiger partial charge in [0.05, 0.1) is 30.6 Å². The molecule has 25 heavy (non-hydrogen) atoms. The summed E-state index contributed by atoms with van der Waals surface area (Å²) in [6.45, 7) is 5.04. The van der Waals surface area contributed by atoms with Gasteiger partial charge in [-0.15, -0.1) is 11.3 Å². The van der Waals surface area contributed by atoms with Crippen molar-refractivity contribution in [2.75, 3.05) is 25.5 Å². The van der Waals surface area contributed by atoms with Crippen molar-refractivity contribution < 1.29 is 19.2 Å². The van der Waals surface area contributed by atoms with Crippen LogP contribution in [0.5, 0.6) is 5.75 Å². The van der Waals surface area contributed by atoms with Gasteiger partial charge >= 0.3 is 0 Å². The van der Waals surface area contributed by atoms with Crippen molar-refractivity contribution in [1.82, 2.24) is 0 Å². The van der Waals surface area contributed by atoms with Crippen LogP contribution in [0, 0.1) is 0 Å². The van der Waals surface area contributed by atoms with Crippen molar-refractivity contribution in [2.45, 2.75) is 19.9 Å². The lowest BCUT2D eigenvalue weighted by atomic mass is 10.0. The zero-order chi connectivity index (χ0) is 18.0. The minimum Gasteiger partial charge on any atom is -0.497 e. The molecule has 1 aromatic carbocycles. The summed E-state index contributed by atoms with van der Waals surface area (Å²) in [7, 11) is 1.58. The number of primary amides is 1. The maximum absolute atomic E-state index is 12.5. The normalized spacial score (nSPS) is 16.2. The molecule has 2 amide bonds. The fourth-order valence-electron chi connectivity index (χ4n) is 3.10. The Hall–Kier alpha value is -2.38. The first-order chi connectivity index (χ1) is 12.0. The van der Waals surface area contributed by atoms with E-state index in [1.165, 1.54) is 16.2 Å². The van der Waals surface area contributed by atoms with Crippen LogP contribution < -0.4 is 20.7 Å². The number of carbonyl (C=O) groups excluding carboxylic acids is 2.